The maximum Gasteiger partial charge on any atom is 0.273 e. The lowest BCUT2D eigenvalue weighted by Gasteiger charge is -2.04. The number of carbonyl (C=O) groups is 1. The number of amides is 1. The van der Waals surface area contributed by atoms with Gasteiger partial charge in [0.25, 0.3) is 5.91 Å². The van der Waals surface area contributed by atoms with Crippen LogP contribution in [0.2, 0.25) is 0 Å². The minimum atomic E-state index is -0.187. The summed E-state index contributed by atoms with van der Waals surface area (Å²) >= 11 is 3.35. The zero-order chi connectivity index (χ0) is 14.7. The van der Waals surface area contributed by atoms with Gasteiger partial charge in [-0.25, -0.2) is 0 Å². The van der Waals surface area contributed by atoms with E-state index in [1.54, 1.807) is 17.1 Å². The number of nitrogens with one attached hydrogen (secondary N) is 1. The molecular formula is C13H18BrN5O. The van der Waals surface area contributed by atoms with E-state index >= 15 is 0 Å². The lowest BCUT2D eigenvalue weighted by molar-refractivity contribution is 0.0944. The smallest absolute Gasteiger partial charge is 0.273 e. The van der Waals surface area contributed by atoms with E-state index in [9.17, 15) is 4.79 Å². The minimum Gasteiger partial charge on any atom is -0.346 e. The largest absolute Gasteiger partial charge is 0.346 e. The first-order valence-electron chi connectivity index (χ1n) is 6.59. The molecule has 0 atom stereocenters. The molecule has 0 saturated heterocycles. The maximum absolute atomic E-state index is 12.1. The summed E-state index contributed by atoms with van der Waals surface area (Å²) in [5.74, 6) is -0.187. The van der Waals surface area contributed by atoms with E-state index in [1.165, 1.54) is 0 Å². The fraction of sp³-hybridized carbons (Fsp3) is 0.462. The summed E-state index contributed by atoms with van der Waals surface area (Å²) in [5, 5.41) is 11.4. The Balaban J connectivity index is 2.04. The van der Waals surface area contributed by atoms with Crippen molar-refractivity contribution < 1.29 is 4.79 Å². The summed E-state index contributed by atoms with van der Waals surface area (Å²) in [6.07, 6.45) is 3.59. The predicted molar refractivity (Wildman–Crippen MR) is 79.4 cm³/mol. The Morgan fingerprint density at radius 2 is 2.15 bits per heavy atom. The molecule has 0 bridgehead atoms. The Morgan fingerprint density at radius 1 is 1.40 bits per heavy atom. The number of rotatable bonds is 5. The molecule has 0 spiro atoms. The van der Waals surface area contributed by atoms with Crippen molar-refractivity contribution in [2.45, 2.75) is 40.4 Å². The molecule has 2 heterocycles. The molecule has 2 aromatic rings. The van der Waals surface area contributed by atoms with Crippen molar-refractivity contribution >= 4 is 21.8 Å². The number of halogens is 1. The average molecular weight is 340 g/mol. The Labute approximate surface area is 126 Å². The Bertz CT molecular complexity index is 616. The first-order valence-corrected chi connectivity index (χ1v) is 7.38. The first-order chi connectivity index (χ1) is 9.56. The third-order valence-corrected chi connectivity index (χ3v) is 3.78. The number of carbonyl (C=O) groups excluding carboxylic acids is 1. The average Bonchev–Trinajstić information content (AvgIpc) is 2.99. The molecule has 2 aromatic heterocycles. The van der Waals surface area contributed by atoms with Crippen LogP contribution in [0, 0.1) is 6.92 Å². The highest BCUT2D eigenvalue weighted by Crippen LogP contribution is 2.15. The van der Waals surface area contributed by atoms with E-state index in [1.807, 2.05) is 25.5 Å². The van der Waals surface area contributed by atoms with Crippen LogP contribution < -0.4 is 5.32 Å². The molecule has 6 nitrogen and oxygen atoms in total. The molecule has 0 unspecified atom stereocenters. The van der Waals surface area contributed by atoms with Gasteiger partial charge in [-0.2, -0.15) is 10.2 Å². The van der Waals surface area contributed by atoms with Crippen LogP contribution in [0.5, 0.6) is 0 Å². The summed E-state index contributed by atoms with van der Waals surface area (Å²) in [6.45, 7) is 8.02. The lowest BCUT2D eigenvalue weighted by atomic mass is 10.2. The van der Waals surface area contributed by atoms with Crippen LogP contribution >= 0.6 is 15.9 Å². The summed E-state index contributed by atoms with van der Waals surface area (Å²) < 4.78 is 4.33. The molecule has 2 rings (SSSR count). The zero-order valence-corrected chi connectivity index (χ0v) is 13.4. The standard InChI is InChI=1S/C13H18BrN5O/c1-4-18-8-11(14)12(17-18)13(20)15-6-10-7-16-19(5-2)9(10)3/h7-8H,4-6H2,1-3H3,(H,15,20). The van der Waals surface area contributed by atoms with Crippen LogP contribution in [0.25, 0.3) is 0 Å². The van der Waals surface area contributed by atoms with Gasteiger partial charge in [0.1, 0.15) is 0 Å². The number of aryl methyl sites for hydroxylation is 2. The van der Waals surface area contributed by atoms with Gasteiger partial charge in [0.05, 0.1) is 10.7 Å². The predicted octanol–water partition coefficient (Wildman–Crippen LogP) is 2.12. The molecule has 1 amide bonds. The third-order valence-electron chi connectivity index (χ3n) is 3.20. The SMILES string of the molecule is CCn1cc(Br)c(C(=O)NCc2cnn(CC)c2C)n1. The van der Waals surface area contributed by atoms with Gasteiger partial charge in [-0.3, -0.25) is 14.2 Å². The van der Waals surface area contributed by atoms with E-state index in [2.05, 4.69) is 31.4 Å². The molecule has 0 aliphatic rings. The van der Waals surface area contributed by atoms with Gasteiger partial charge in [0, 0.05) is 37.1 Å². The molecule has 7 heteroatoms. The van der Waals surface area contributed by atoms with Crippen molar-refractivity contribution in [2.24, 2.45) is 0 Å². The molecule has 0 aliphatic heterocycles. The Morgan fingerprint density at radius 3 is 2.70 bits per heavy atom. The second-order valence-electron chi connectivity index (χ2n) is 4.43. The highest BCUT2D eigenvalue weighted by molar-refractivity contribution is 9.10. The van der Waals surface area contributed by atoms with Gasteiger partial charge in [-0.15, -0.1) is 0 Å². The second-order valence-corrected chi connectivity index (χ2v) is 5.29. The van der Waals surface area contributed by atoms with Crippen LogP contribution in [-0.4, -0.2) is 25.5 Å². The number of hydrogen-bond donors (Lipinski definition) is 1. The van der Waals surface area contributed by atoms with Gasteiger partial charge in [0.2, 0.25) is 0 Å². The van der Waals surface area contributed by atoms with Gasteiger partial charge in [-0.1, -0.05) is 0 Å². The molecule has 1 N–H and O–H groups in total. The summed E-state index contributed by atoms with van der Waals surface area (Å²) in [6, 6.07) is 0. The molecular weight excluding hydrogens is 322 g/mol. The van der Waals surface area contributed by atoms with Crippen LogP contribution in [0.15, 0.2) is 16.9 Å². The molecule has 0 radical (unpaired) electrons. The fourth-order valence-electron chi connectivity index (χ4n) is 1.95. The number of nitrogens with zero attached hydrogens (tertiary/aromatic N) is 4. The molecule has 0 aromatic carbocycles. The zero-order valence-electron chi connectivity index (χ0n) is 11.9. The maximum atomic E-state index is 12.1. The van der Waals surface area contributed by atoms with Gasteiger partial charge in [-0.05, 0) is 36.7 Å². The van der Waals surface area contributed by atoms with Crippen LogP contribution in [0.1, 0.15) is 35.6 Å². The Kier molecular flexibility index (Phi) is 4.59. The van der Waals surface area contributed by atoms with E-state index in [0.717, 1.165) is 24.3 Å². The van der Waals surface area contributed by atoms with Crippen LogP contribution in [0.4, 0.5) is 0 Å². The van der Waals surface area contributed by atoms with Crippen molar-refractivity contribution in [1.82, 2.24) is 24.9 Å². The molecule has 0 fully saturated rings. The molecule has 20 heavy (non-hydrogen) atoms. The van der Waals surface area contributed by atoms with Crippen molar-refractivity contribution in [3.63, 3.8) is 0 Å². The first kappa shape index (κ1) is 14.8. The molecule has 0 aliphatic carbocycles. The van der Waals surface area contributed by atoms with Gasteiger partial charge < -0.3 is 5.32 Å². The number of aromatic nitrogens is 4. The van der Waals surface area contributed by atoms with Gasteiger partial charge in [0.15, 0.2) is 5.69 Å². The quantitative estimate of drug-likeness (QED) is 0.907. The van der Waals surface area contributed by atoms with E-state index in [0.29, 0.717) is 16.7 Å². The third kappa shape index (κ3) is 2.92. The number of hydrogen-bond acceptors (Lipinski definition) is 3. The van der Waals surface area contributed by atoms with Crippen molar-refractivity contribution in [1.29, 1.82) is 0 Å². The summed E-state index contributed by atoms with van der Waals surface area (Å²) in [7, 11) is 0. The van der Waals surface area contributed by atoms with Crippen LogP contribution in [0.3, 0.4) is 0 Å². The van der Waals surface area contributed by atoms with E-state index in [4.69, 9.17) is 0 Å². The van der Waals surface area contributed by atoms with Crippen molar-refractivity contribution in [2.75, 3.05) is 0 Å². The lowest BCUT2D eigenvalue weighted by Crippen LogP contribution is -2.24. The van der Waals surface area contributed by atoms with Crippen molar-refractivity contribution in [3.05, 3.63) is 33.8 Å². The van der Waals surface area contributed by atoms with Crippen molar-refractivity contribution in [3.8, 4) is 0 Å². The summed E-state index contributed by atoms with van der Waals surface area (Å²) in [5.41, 5.74) is 2.50. The van der Waals surface area contributed by atoms with Gasteiger partial charge >= 0.3 is 0 Å². The minimum absolute atomic E-state index is 0.187. The molecule has 0 saturated carbocycles. The highest BCUT2D eigenvalue weighted by Gasteiger charge is 2.15. The highest BCUT2D eigenvalue weighted by atomic mass is 79.9. The van der Waals surface area contributed by atoms with E-state index < -0.39 is 0 Å². The topological polar surface area (TPSA) is 64.7 Å². The monoisotopic (exact) mass is 339 g/mol. The Hall–Kier alpha value is -1.63. The normalized spacial score (nSPS) is 10.8. The van der Waals surface area contributed by atoms with Crippen LogP contribution in [-0.2, 0) is 19.6 Å². The fourth-order valence-corrected chi connectivity index (χ4v) is 2.45. The summed E-state index contributed by atoms with van der Waals surface area (Å²) in [4.78, 5) is 12.1. The second kappa shape index (κ2) is 6.21. The molecule has 108 valence electrons. The van der Waals surface area contributed by atoms with E-state index in [-0.39, 0.29) is 5.91 Å².